The molecule has 1 heterocycles. The Kier molecular flexibility index (Phi) is 4.75. The van der Waals surface area contributed by atoms with Crippen molar-refractivity contribution in [2.24, 2.45) is 0 Å². The maximum atomic E-state index is 13.1. The number of benzene rings is 2. The summed E-state index contributed by atoms with van der Waals surface area (Å²) in [4.78, 5) is 25.5. The first-order valence-electron chi connectivity index (χ1n) is 9.02. The first-order valence-corrected chi connectivity index (χ1v) is 9.39. The molecule has 1 aliphatic heterocycles. The van der Waals surface area contributed by atoms with Crippen LogP contribution in [0.2, 0.25) is 5.02 Å². The minimum absolute atomic E-state index is 0.0262. The number of hydrogen-bond donors (Lipinski definition) is 1. The van der Waals surface area contributed by atoms with Crippen molar-refractivity contribution in [3.05, 3.63) is 76.0 Å². The summed E-state index contributed by atoms with van der Waals surface area (Å²) in [6, 6.07) is 15.2. The fourth-order valence-electron chi connectivity index (χ4n) is 4.21. The van der Waals surface area contributed by atoms with Crippen LogP contribution in [-0.2, 0) is 9.59 Å². The number of nitrogens with one attached hydrogen (secondary N) is 1. The van der Waals surface area contributed by atoms with E-state index in [0.717, 1.165) is 16.8 Å². The van der Waals surface area contributed by atoms with Crippen LogP contribution in [0.15, 0.2) is 59.8 Å². The van der Waals surface area contributed by atoms with Crippen LogP contribution in [0, 0.1) is 0 Å². The van der Waals surface area contributed by atoms with Crippen molar-refractivity contribution in [3.63, 3.8) is 0 Å². The van der Waals surface area contributed by atoms with Gasteiger partial charge in [-0.05, 0) is 30.0 Å². The monoisotopic (exact) mass is 381 g/mol. The standard InChI is InChI=1S/C22H20ClNO3/c1-27-20-9-5-3-7-15(20)16-12-21(26)24-18-10-13(11-19(25)22(16)18)14-6-2-4-8-17(14)23/h2-9,13,16H,10-12H2,1H3,(H,24,26)/t13-,16+/m0/s1. The van der Waals surface area contributed by atoms with Crippen molar-refractivity contribution in [3.8, 4) is 5.75 Å². The third kappa shape index (κ3) is 3.26. The van der Waals surface area contributed by atoms with Gasteiger partial charge in [-0.15, -0.1) is 0 Å². The van der Waals surface area contributed by atoms with Gasteiger partial charge in [0.05, 0.1) is 7.11 Å². The lowest BCUT2D eigenvalue weighted by Crippen LogP contribution is -2.38. The van der Waals surface area contributed by atoms with E-state index in [0.29, 0.717) is 29.2 Å². The van der Waals surface area contributed by atoms with E-state index in [1.54, 1.807) is 7.11 Å². The summed E-state index contributed by atoms with van der Waals surface area (Å²) >= 11 is 6.34. The van der Waals surface area contributed by atoms with Crippen molar-refractivity contribution in [2.75, 3.05) is 7.11 Å². The fraction of sp³-hybridized carbons (Fsp3) is 0.273. The molecule has 0 spiro atoms. The number of halogens is 1. The molecule has 0 unspecified atom stereocenters. The smallest absolute Gasteiger partial charge is 0.225 e. The van der Waals surface area contributed by atoms with Crippen LogP contribution in [0.1, 0.15) is 42.2 Å². The molecule has 138 valence electrons. The van der Waals surface area contributed by atoms with E-state index in [9.17, 15) is 9.59 Å². The van der Waals surface area contributed by atoms with E-state index in [1.165, 1.54) is 0 Å². The molecule has 1 N–H and O–H groups in total. The van der Waals surface area contributed by atoms with Gasteiger partial charge in [-0.2, -0.15) is 0 Å². The predicted molar refractivity (Wildman–Crippen MR) is 104 cm³/mol. The summed E-state index contributed by atoms with van der Waals surface area (Å²) < 4.78 is 5.47. The molecule has 2 atom stereocenters. The number of para-hydroxylation sites is 1. The predicted octanol–water partition coefficient (Wildman–Crippen LogP) is 4.35. The average Bonchev–Trinajstić information content (AvgIpc) is 2.67. The molecular weight excluding hydrogens is 362 g/mol. The van der Waals surface area contributed by atoms with Gasteiger partial charge in [-0.3, -0.25) is 9.59 Å². The highest BCUT2D eigenvalue weighted by atomic mass is 35.5. The fourth-order valence-corrected chi connectivity index (χ4v) is 4.50. The number of hydrogen-bond acceptors (Lipinski definition) is 3. The molecule has 0 saturated heterocycles. The molecule has 4 rings (SSSR count). The van der Waals surface area contributed by atoms with Crippen LogP contribution in [0.25, 0.3) is 0 Å². The summed E-state index contributed by atoms with van der Waals surface area (Å²) in [6.45, 7) is 0. The molecule has 2 aliphatic rings. The lowest BCUT2D eigenvalue weighted by molar-refractivity contribution is -0.122. The molecule has 2 aromatic rings. The normalized spacial score (nSPS) is 22.3. The first kappa shape index (κ1) is 17.8. The lowest BCUT2D eigenvalue weighted by atomic mass is 9.73. The van der Waals surface area contributed by atoms with E-state index in [-0.39, 0.29) is 29.9 Å². The number of carbonyl (C=O) groups excluding carboxylic acids is 2. The summed E-state index contributed by atoms with van der Waals surface area (Å²) in [5, 5.41) is 3.60. The highest BCUT2D eigenvalue weighted by molar-refractivity contribution is 6.31. The molecule has 0 saturated carbocycles. The molecule has 2 aromatic carbocycles. The summed E-state index contributed by atoms with van der Waals surface area (Å²) in [5.41, 5.74) is 3.27. The Morgan fingerprint density at radius 2 is 1.67 bits per heavy atom. The molecule has 5 heteroatoms. The molecule has 0 fully saturated rings. The first-order chi connectivity index (χ1) is 13.1. The van der Waals surface area contributed by atoms with E-state index in [4.69, 9.17) is 16.3 Å². The van der Waals surface area contributed by atoms with E-state index in [2.05, 4.69) is 5.32 Å². The SMILES string of the molecule is COc1ccccc1[C@H]1CC(=O)NC2=C1C(=O)C[C@@H](c1ccccc1Cl)C2. The molecule has 0 aromatic heterocycles. The van der Waals surface area contributed by atoms with Crippen LogP contribution in [0.5, 0.6) is 5.75 Å². The Morgan fingerprint density at radius 1 is 0.963 bits per heavy atom. The number of methoxy groups -OCH3 is 1. The van der Waals surface area contributed by atoms with Gasteiger partial charge in [-0.1, -0.05) is 48.0 Å². The third-order valence-corrected chi connectivity index (χ3v) is 5.74. The van der Waals surface area contributed by atoms with E-state index in [1.807, 2.05) is 48.5 Å². The maximum absolute atomic E-state index is 13.1. The van der Waals surface area contributed by atoms with Gasteiger partial charge in [0.2, 0.25) is 5.91 Å². The summed E-state index contributed by atoms with van der Waals surface area (Å²) in [5.74, 6) is 0.394. The van der Waals surface area contributed by atoms with Crippen LogP contribution in [0.3, 0.4) is 0 Å². The van der Waals surface area contributed by atoms with Gasteiger partial charge in [-0.25, -0.2) is 0 Å². The Labute approximate surface area is 163 Å². The quantitative estimate of drug-likeness (QED) is 0.859. The minimum Gasteiger partial charge on any atom is -0.496 e. The third-order valence-electron chi connectivity index (χ3n) is 5.40. The van der Waals surface area contributed by atoms with Gasteiger partial charge in [0.1, 0.15) is 5.75 Å². The molecule has 1 aliphatic carbocycles. The highest BCUT2D eigenvalue weighted by Crippen LogP contribution is 2.45. The number of allylic oxidation sites excluding steroid dienone is 2. The molecule has 4 nitrogen and oxygen atoms in total. The van der Waals surface area contributed by atoms with E-state index < -0.39 is 0 Å². The molecule has 0 radical (unpaired) electrons. The highest BCUT2D eigenvalue weighted by Gasteiger charge is 2.39. The maximum Gasteiger partial charge on any atom is 0.225 e. The number of Topliss-reactive ketones (excluding diaryl/α,β-unsaturated/α-hetero) is 1. The van der Waals surface area contributed by atoms with Gasteiger partial charge >= 0.3 is 0 Å². The zero-order chi connectivity index (χ0) is 19.0. The van der Waals surface area contributed by atoms with Crippen LogP contribution >= 0.6 is 11.6 Å². The summed E-state index contributed by atoms with van der Waals surface area (Å²) in [7, 11) is 1.60. The largest absolute Gasteiger partial charge is 0.496 e. The number of rotatable bonds is 3. The Hall–Kier alpha value is -2.59. The molecule has 1 amide bonds. The topological polar surface area (TPSA) is 55.4 Å². The number of ether oxygens (including phenoxy) is 1. The Balaban J connectivity index is 1.76. The van der Waals surface area contributed by atoms with Crippen LogP contribution in [0.4, 0.5) is 0 Å². The van der Waals surface area contributed by atoms with Gasteiger partial charge in [0, 0.05) is 40.6 Å². The van der Waals surface area contributed by atoms with Gasteiger partial charge in [0.25, 0.3) is 0 Å². The van der Waals surface area contributed by atoms with Crippen LogP contribution < -0.4 is 10.1 Å². The average molecular weight is 382 g/mol. The summed E-state index contributed by atoms with van der Waals surface area (Å²) in [6.07, 6.45) is 1.24. The van der Waals surface area contributed by atoms with Gasteiger partial charge < -0.3 is 10.1 Å². The van der Waals surface area contributed by atoms with Crippen molar-refractivity contribution in [1.82, 2.24) is 5.32 Å². The van der Waals surface area contributed by atoms with Crippen LogP contribution in [-0.4, -0.2) is 18.8 Å². The lowest BCUT2D eigenvalue weighted by Gasteiger charge is -2.35. The minimum atomic E-state index is -0.274. The van der Waals surface area contributed by atoms with E-state index >= 15 is 0 Å². The molecule has 27 heavy (non-hydrogen) atoms. The number of ketones is 1. The van der Waals surface area contributed by atoms with Crippen molar-refractivity contribution < 1.29 is 14.3 Å². The molecular formula is C22H20ClNO3. The zero-order valence-corrected chi connectivity index (χ0v) is 15.8. The van der Waals surface area contributed by atoms with Crippen molar-refractivity contribution in [2.45, 2.75) is 31.1 Å². The Morgan fingerprint density at radius 3 is 2.41 bits per heavy atom. The number of carbonyl (C=O) groups is 2. The molecule has 0 bridgehead atoms. The Bertz CT molecular complexity index is 950. The number of amides is 1. The zero-order valence-electron chi connectivity index (χ0n) is 15.0. The second-order valence-electron chi connectivity index (χ2n) is 6.99. The van der Waals surface area contributed by atoms with Gasteiger partial charge in [0.15, 0.2) is 5.78 Å². The van der Waals surface area contributed by atoms with Crippen molar-refractivity contribution >= 4 is 23.3 Å². The van der Waals surface area contributed by atoms with Crippen molar-refractivity contribution in [1.29, 1.82) is 0 Å². The second-order valence-corrected chi connectivity index (χ2v) is 7.40. The second kappa shape index (κ2) is 7.20.